The molecule has 1 heterocycles. The SMILES string of the molecule is C[C@@H](NC(=O)NCc1ccnc(N(C)C)n1)c1ccc(F)cc1. The van der Waals surface area contributed by atoms with Gasteiger partial charge in [-0.15, -0.1) is 0 Å². The molecule has 0 saturated heterocycles. The van der Waals surface area contributed by atoms with E-state index in [1.165, 1.54) is 12.1 Å². The molecule has 0 aliphatic heterocycles. The summed E-state index contributed by atoms with van der Waals surface area (Å²) < 4.78 is 12.9. The molecule has 0 aliphatic carbocycles. The quantitative estimate of drug-likeness (QED) is 0.887. The fraction of sp³-hybridized carbons (Fsp3) is 0.312. The molecule has 6 nitrogen and oxygen atoms in total. The number of hydrogen-bond donors (Lipinski definition) is 2. The van der Waals surface area contributed by atoms with Gasteiger partial charge in [0.25, 0.3) is 0 Å². The number of urea groups is 1. The van der Waals surface area contributed by atoms with E-state index < -0.39 is 0 Å². The molecule has 0 aliphatic rings. The van der Waals surface area contributed by atoms with Crippen molar-refractivity contribution in [3.8, 4) is 0 Å². The second-order valence-corrected chi connectivity index (χ2v) is 5.34. The molecule has 1 atom stereocenters. The molecule has 2 amide bonds. The van der Waals surface area contributed by atoms with Crippen LogP contribution < -0.4 is 15.5 Å². The molecule has 0 spiro atoms. The van der Waals surface area contributed by atoms with E-state index in [1.54, 1.807) is 29.3 Å². The Labute approximate surface area is 134 Å². The third-order valence-corrected chi connectivity index (χ3v) is 3.25. The van der Waals surface area contributed by atoms with Crippen molar-refractivity contribution in [1.82, 2.24) is 20.6 Å². The monoisotopic (exact) mass is 317 g/mol. The first-order valence-electron chi connectivity index (χ1n) is 7.25. The molecule has 2 aromatic rings. The number of nitrogens with one attached hydrogen (secondary N) is 2. The second kappa shape index (κ2) is 7.53. The largest absolute Gasteiger partial charge is 0.347 e. The van der Waals surface area contributed by atoms with Gasteiger partial charge < -0.3 is 15.5 Å². The predicted molar refractivity (Wildman–Crippen MR) is 86.5 cm³/mol. The van der Waals surface area contributed by atoms with Crippen molar-refractivity contribution in [3.05, 3.63) is 53.6 Å². The molecular weight excluding hydrogens is 297 g/mol. The van der Waals surface area contributed by atoms with E-state index in [4.69, 9.17) is 0 Å². The van der Waals surface area contributed by atoms with Gasteiger partial charge in [-0.05, 0) is 30.7 Å². The molecular formula is C16H20FN5O. The number of carbonyl (C=O) groups excluding carboxylic acids is 1. The number of aromatic nitrogens is 2. The van der Waals surface area contributed by atoms with Crippen molar-refractivity contribution in [2.45, 2.75) is 19.5 Å². The number of amides is 2. The van der Waals surface area contributed by atoms with Gasteiger partial charge in [0.1, 0.15) is 5.82 Å². The molecule has 122 valence electrons. The van der Waals surface area contributed by atoms with E-state index in [9.17, 15) is 9.18 Å². The van der Waals surface area contributed by atoms with Crippen molar-refractivity contribution in [1.29, 1.82) is 0 Å². The fourth-order valence-electron chi connectivity index (χ4n) is 1.95. The van der Waals surface area contributed by atoms with Gasteiger partial charge in [-0.3, -0.25) is 0 Å². The van der Waals surface area contributed by atoms with Crippen molar-refractivity contribution >= 4 is 12.0 Å². The molecule has 7 heteroatoms. The Morgan fingerprint density at radius 1 is 1.26 bits per heavy atom. The Morgan fingerprint density at radius 3 is 2.61 bits per heavy atom. The van der Waals surface area contributed by atoms with Crippen molar-refractivity contribution in [2.24, 2.45) is 0 Å². The number of hydrogen-bond acceptors (Lipinski definition) is 4. The Kier molecular flexibility index (Phi) is 5.46. The van der Waals surface area contributed by atoms with Gasteiger partial charge >= 0.3 is 6.03 Å². The number of benzene rings is 1. The zero-order valence-corrected chi connectivity index (χ0v) is 13.4. The molecule has 0 unspecified atom stereocenters. The van der Waals surface area contributed by atoms with Crippen molar-refractivity contribution in [3.63, 3.8) is 0 Å². The van der Waals surface area contributed by atoms with E-state index >= 15 is 0 Å². The van der Waals surface area contributed by atoms with Crippen LogP contribution in [-0.2, 0) is 6.54 Å². The number of carbonyl (C=O) groups is 1. The number of rotatable bonds is 5. The molecule has 1 aromatic heterocycles. The molecule has 0 bridgehead atoms. The van der Waals surface area contributed by atoms with Crippen LogP contribution >= 0.6 is 0 Å². The summed E-state index contributed by atoms with van der Waals surface area (Å²) >= 11 is 0. The van der Waals surface area contributed by atoms with Gasteiger partial charge in [0, 0.05) is 20.3 Å². The average molecular weight is 317 g/mol. The maximum absolute atomic E-state index is 12.9. The lowest BCUT2D eigenvalue weighted by Gasteiger charge is -2.15. The molecule has 2 rings (SSSR count). The standard InChI is InChI=1S/C16H20FN5O/c1-11(12-4-6-13(17)7-5-12)20-16(23)19-10-14-8-9-18-15(21-14)22(2)3/h4-9,11H,10H2,1-3H3,(H2,19,20,23)/t11-/m1/s1. The zero-order valence-electron chi connectivity index (χ0n) is 13.4. The Morgan fingerprint density at radius 2 is 1.96 bits per heavy atom. The summed E-state index contributed by atoms with van der Waals surface area (Å²) in [5.74, 6) is 0.287. The summed E-state index contributed by atoms with van der Waals surface area (Å²) in [6, 6.07) is 7.24. The minimum absolute atomic E-state index is 0.224. The molecule has 1 aromatic carbocycles. The average Bonchev–Trinajstić information content (AvgIpc) is 2.53. The number of anilines is 1. The lowest BCUT2D eigenvalue weighted by atomic mass is 10.1. The summed E-state index contributed by atoms with van der Waals surface area (Å²) in [5, 5.41) is 5.54. The zero-order chi connectivity index (χ0) is 16.8. The van der Waals surface area contributed by atoms with Gasteiger partial charge in [-0.2, -0.15) is 0 Å². The van der Waals surface area contributed by atoms with E-state index in [0.717, 1.165) is 5.56 Å². The van der Waals surface area contributed by atoms with E-state index in [-0.39, 0.29) is 17.9 Å². The Balaban J connectivity index is 1.87. The van der Waals surface area contributed by atoms with Crippen LogP contribution in [0.25, 0.3) is 0 Å². The van der Waals surface area contributed by atoms with E-state index in [0.29, 0.717) is 18.2 Å². The summed E-state index contributed by atoms with van der Waals surface area (Å²) in [7, 11) is 3.70. The molecule has 23 heavy (non-hydrogen) atoms. The van der Waals surface area contributed by atoms with Crippen LogP contribution in [0.2, 0.25) is 0 Å². The summed E-state index contributed by atoms with van der Waals surface area (Å²) in [6.45, 7) is 2.13. The van der Waals surface area contributed by atoms with Crippen molar-refractivity contribution in [2.75, 3.05) is 19.0 Å². The van der Waals surface area contributed by atoms with Crippen LogP contribution in [0.5, 0.6) is 0 Å². The first kappa shape index (κ1) is 16.7. The van der Waals surface area contributed by atoms with Gasteiger partial charge in [-0.25, -0.2) is 19.2 Å². The third kappa shape index (κ3) is 4.91. The Bertz CT molecular complexity index is 660. The molecule has 0 saturated carbocycles. The first-order valence-corrected chi connectivity index (χ1v) is 7.25. The predicted octanol–water partition coefficient (Wildman–Crippen LogP) is 2.24. The second-order valence-electron chi connectivity index (χ2n) is 5.34. The minimum atomic E-state index is -0.313. The smallest absolute Gasteiger partial charge is 0.315 e. The van der Waals surface area contributed by atoms with Gasteiger partial charge in [0.2, 0.25) is 5.95 Å². The van der Waals surface area contributed by atoms with Gasteiger partial charge in [0.05, 0.1) is 18.3 Å². The highest BCUT2D eigenvalue weighted by Gasteiger charge is 2.10. The number of halogens is 1. The lowest BCUT2D eigenvalue weighted by Crippen LogP contribution is -2.36. The highest BCUT2D eigenvalue weighted by atomic mass is 19.1. The third-order valence-electron chi connectivity index (χ3n) is 3.25. The Hall–Kier alpha value is -2.70. The van der Waals surface area contributed by atoms with Crippen LogP contribution in [0, 0.1) is 5.82 Å². The highest BCUT2D eigenvalue weighted by molar-refractivity contribution is 5.74. The lowest BCUT2D eigenvalue weighted by molar-refractivity contribution is 0.237. The van der Waals surface area contributed by atoms with Crippen LogP contribution in [0.1, 0.15) is 24.2 Å². The normalized spacial score (nSPS) is 11.7. The van der Waals surface area contributed by atoms with Crippen LogP contribution in [0.3, 0.4) is 0 Å². The van der Waals surface area contributed by atoms with Crippen LogP contribution in [0.4, 0.5) is 15.1 Å². The molecule has 0 fully saturated rings. The maximum Gasteiger partial charge on any atom is 0.315 e. The van der Waals surface area contributed by atoms with E-state index in [1.807, 2.05) is 21.0 Å². The van der Waals surface area contributed by atoms with E-state index in [2.05, 4.69) is 20.6 Å². The summed E-state index contributed by atoms with van der Waals surface area (Å²) in [6.07, 6.45) is 1.65. The minimum Gasteiger partial charge on any atom is -0.347 e. The topological polar surface area (TPSA) is 70.2 Å². The first-order chi connectivity index (χ1) is 11.0. The van der Waals surface area contributed by atoms with Crippen molar-refractivity contribution < 1.29 is 9.18 Å². The summed E-state index contributed by atoms with van der Waals surface area (Å²) in [5.41, 5.74) is 1.55. The summed E-state index contributed by atoms with van der Waals surface area (Å²) in [4.78, 5) is 22.2. The van der Waals surface area contributed by atoms with Gasteiger partial charge in [-0.1, -0.05) is 12.1 Å². The van der Waals surface area contributed by atoms with Gasteiger partial charge in [0.15, 0.2) is 0 Å². The fourth-order valence-corrected chi connectivity index (χ4v) is 1.95. The molecule has 2 N–H and O–H groups in total. The van der Waals surface area contributed by atoms with Crippen LogP contribution in [0.15, 0.2) is 36.5 Å². The highest BCUT2D eigenvalue weighted by Crippen LogP contribution is 2.12. The van der Waals surface area contributed by atoms with Crippen LogP contribution in [-0.4, -0.2) is 30.1 Å². The maximum atomic E-state index is 12.9. The number of nitrogens with zero attached hydrogens (tertiary/aromatic N) is 3. The molecule has 0 radical (unpaired) electrons.